The van der Waals surface area contributed by atoms with Crippen LogP contribution < -0.4 is 5.32 Å². The molecule has 1 aromatic heterocycles. The number of aromatic nitrogens is 1. The third-order valence-electron chi connectivity index (χ3n) is 3.52. The summed E-state index contributed by atoms with van der Waals surface area (Å²) in [5, 5.41) is 4.63. The van der Waals surface area contributed by atoms with Gasteiger partial charge in [0.15, 0.2) is 5.17 Å². The minimum Gasteiger partial charge on any atom is -0.362 e. The summed E-state index contributed by atoms with van der Waals surface area (Å²) in [7, 11) is 0. The Morgan fingerprint density at radius 2 is 2.37 bits per heavy atom. The van der Waals surface area contributed by atoms with Crippen LogP contribution in [0.2, 0.25) is 0 Å². The van der Waals surface area contributed by atoms with Crippen molar-refractivity contribution < 1.29 is 0 Å². The quantitative estimate of drug-likeness (QED) is 0.918. The van der Waals surface area contributed by atoms with E-state index in [1.807, 2.05) is 24.0 Å². The van der Waals surface area contributed by atoms with Crippen molar-refractivity contribution >= 4 is 16.9 Å². The van der Waals surface area contributed by atoms with E-state index >= 15 is 0 Å². The zero-order valence-electron chi connectivity index (χ0n) is 12.0. The van der Waals surface area contributed by atoms with Gasteiger partial charge in [0.05, 0.1) is 12.2 Å². The molecular weight excluding hydrogens is 254 g/mol. The highest BCUT2D eigenvalue weighted by Gasteiger charge is 2.20. The molecule has 2 rings (SSSR count). The van der Waals surface area contributed by atoms with E-state index in [2.05, 4.69) is 37.1 Å². The van der Waals surface area contributed by atoms with Gasteiger partial charge in [-0.15, -0.1) is 0 Å². The number of aryl methyl sites for hydroxylation is 1. The van der Waals surface area contributed by atoms with Crippen LogP contribution in [0.1, 0.15) is 38.4 Å². The van der Waals surface area contributed by atoms with E-state index in [1.54, 1.807) is 0 Å². The van der Waals surface area contributed by atoms with Crippen molar-refractivity contribution in [1.29, 1.82) is 0 Å². The molecule has 0 saturated carbocycles. The number of amidine groups is 1. The number of rotatable bonds is 4. The lowest BCUT2D eigenvalue weighted by Gasteiger charge is -2.28. The van der Waals surface area contributed by atoms with Crippen LogP contribution >= 0.6 is 11.8 Å². The average molecular weight is 277 g/mol. The Morgan fingerprint density at radius 1 is 1.53 bits per heavy atom. The minimum absolute atomic E-state index is 0.564. The van der Waals surface area contributed by atoms with Gasteiger partial charge in [-0.05, 0) is 30.4 Å². The minimum atomic E-state index is 0.564. The molecule has 1 N–H and O–H groups in total. The fraction of sp³-hybridized carbons (Fsp3) is 0.600. The predicted molar refractivity (Wildman–Crippen MR) is 83.6 cm³/mol. The zero-order chi connectivity index (χ0) is 13.7. The van der Waals surface area contributed by atoms with Crippen LogP contribution in [-0.2, 0) is 13.0 Å². The van der Waals surface area contributed by atoms with Crippen LogP contribution in [-0.4, -0.2) is 21.9 Å². The second-order valence-electron chi connectivity index (χ2n) is 5.22. The second kappa shape index (κ2) is 6.94. The third kappa shape index (κ3) is 3.96. The highest BCUT2D eigenvalue weighted by Crippen LogP contribution is 2.19. The van der Waals surface area contributed by atoms with Gasteiger partial charge in [-0.25, -0.2) is 0 Å². The number of nitrogens with one attached hydrogen (secondary N) is 1. The van der Waals surface area contributed by atoms with Gasteiger partial charge in [0.2, 0.25) is 0 Å². The first kappa shape index (κ1) is 14.4. The molecule has 3 nitrogen and oxygen atoms in total. The van der Waals surface area contributed by atoms with Gasteiger partial charge in [-0.2, -0.15) is 0 Å². The Hall–Kier alpha value is -1.03. The summed E-state index contributed by atoms with van der Waals surface area (Å²) in [5.74, 6) is 1.82. The van der Waals surface area contributed by atoms with E-state index in [1.165, 1.54) is 12.0 Å². The number of hydrogen-bond donors (Lipinski definition) is 1. The van der Waals surface area contributed by atoms with Gasteiger partial charge in [-0.1, -0.05) is 38.6 Å². The van der Waals surface area contributed by atoms with Crippen LogP contribution in [0.25, 0.3) is 0 Å². The monoisotopic (exact) mass is 277 g/mol. The molecule has 104 valence electrons. The van der Waals surface area contributed by atoms with Gasteiger partial charge >= 0.3 is 0 Å². The SMILES string of the molecule is CCc1cccnc1CN=C1NC(C(C)C)CCS1. The smallest absolute Gasteiger partial charge is 0.157 e. The first-order valence-corrected chi connectivity index (χ1v) is 8.05. The lowest BCUT2D eigenvalue weighted by atomic mass is 10.0. The van der Waals surface area contributed by atoms with Crippen molar-refractivity contribution in [1.82, 2.24) is 10.3 Å². The lowest BCUT2D eigenvalue weighted by Crippen LogP contribution is -2.41. The maximum atomic E-state index is 4.70. The van der Waals surface area contributed by atoms with E-state index in [9.17, 15) is 0 Å². The lowest BCUT2D eigenvalue weighted by molar-refractivity contribution is 0.442. The first-order chi connectivity index (χ1) is 9.20. The Morgan fingerprint density at radius 3 is 3.11 bits per heavy atom. The van der Waals surface area contributed by atoms with E-state index in [0.29, 0.717) is 18.5 Å². The van der Waals surface area contributed by atoms with Crippen molar-refractivity contribution in [2.45, 2.75) is 46.2 Å². The summed E-state index contributed by atoms with van der Waals surface area (Å²) in [6, 6.07) is 4.70. The fourth-order valence-electron chi connectivity index (χ4n) is 2.23. The van der Waals surface area contributed by atoms with Gasteiger partial charge < -0.3 is 5.32 Å². The fourth-order valence-corrected chi connectivity index (χ4v) is 3.18. The highest BCUT2D eigenvalue weighted by molar-refractivity contribution is 8.13. The molecule has 1 fully saturated rings. The number of thioether (sulfide) groups is 1. The second-order valence-corrected chi connectivity index (χ2v) is 6.30. The Bertz CT molecular complexity index is 443. The van der Waals surface area contributed by atoms with E-state index in [-0.39, 0.29) is 0 Å². The molecule has 0 aromatic carbocycles. The predicted octanol–water partition coefficient (Wildman–Crippen LogP) is 3.25. The van der Waals surface area contributed by atoms with Crippen LogP contribution in [0, 0.1) is 5.92 Å². The molecular formula is C15H23N3S. The summed E-state index contributed by atoms with van der Waals surface area (Å²) < 4.78 is 0. The molecule has 2 heterocycles. The third-order valence-corrected chi connectivity index (χ3v) is 4.48. The largest absolute Gasteiger partial charge is 0.362 e. The van der Waals surface area contributed by atoms with E-state index in [0.717, 1.165) is 23.0 Å². The Balaban J connectivity index is 2.01. The van der Waals surface area contributed by atoms with Gasteiger partial charge in [0, 0.05) is 18.0 Å². The molecule has 0 amide bonds. The van der Waals surface area contributed by atoms with E-state index < -0.39 is 0 Å². The normalized spacial score (nSPS) is 21.7. The summed E-state index contributed by atoms with van der Waals surface area (Å²) in [4.78, 5) is 9.14. The number of nitrogens with zero attached hydrogens (tertiary/aromatic N) is 2. The molecule has 4 heteroatoms. The molecule has 0 bridgehead atoms. The number of aliphatic imine (C=N–C) groups is 1. The molecule has 1 aromatic rings. The first-order valence-electron chi connectivity index (χ1n) is 7.07. The standard InChI is InChI=1S/C15H23N3S/c1-4-12-6-5-8-16-14(12)10-17-15-18-13(11(2)3)7-9-19-15/h5-6,8,11,13H,4,7,9-10H2,1-3H3,(H,17,18). The molecule has 19 heavy (non-hydrogen) atoms. The van der Waals surface area contributed by atoms with Gasteiger partial charge in [0.1, 0.15) is 0 Å². The van der Waals surface area contributed by atoms with Crippen molar-refractivity contribution in [3.8, 4) is 0 Å². The van der Waals surface area contributed by atoms with Crippen molar-refractivity contribution in [2.24, 2.45) is 10.9 Å². The van der Waals surface area contributed by atoms with Crippen LogP contribution in [0.5, 0.6) is 0 Å². The summed E-state index contributed by atoms with van der Waals surface area (Å²) >= 11 is 1.83. The van der Waals surface area contributed by atoms with Crippen molar-refractivity contribution in [3.63, 3.8) is 0 Å². The van der Waals surface area contributed by atoms with Crippen LogP contribution in [0.15, 0.2) is 23.3 Å². The highest BCUT2D eigenvalue weighted by atomic mass is 32.2. The van der Waals surface area contributed by atoms with Crippen molar-refractivity contribution in [3.05, 3.63) is 29.6 Å². The molecule has 1 unspecified atom stereocenters. The van der Waals surface area contributed by atoms with Gasteiger partial charge in [0.25, 0.3) is 0 Å². The summed E-state index contributed by atoms with van der Waals surface area (Å²) in [6.45, 7) is 7.37. The molecule has 0 spiro atoms. The zero-order valence-corrected chi connectivity index (χ0v) is 12.8. The molecule has 1 atom stereocenters. The average Bonchev–Trinajstić information content (AvgIpc) is 2.45. The summed E-state index contributed by atoms with van der Waals surface area (Å²) in [5.41, 5.74) is 2.40. The van der Waals surface area contributed by atoms with Crippen molar-refractivity contribution in [2.75, 3.05) is 5.75 Å². The maximum Gasteiger partial charge on any atom is 0.157 e. The van der Waals surface area contributed by atoms with E-state index in [4.69, 9.17) is 4.99 Å². The maximum absolute atomic E-state index is 4.70. The summed E-state index contributed by atoms with van der Waals surface area (Å²) in [6.07, 6.45) is 4.10. The molecule has 0 radical (unpaired) electrons. The Labute approximate surface area is 120 Å². The van der Waals surface area contributed by atoms with Crippen LogP contribution in [0.4, 0.5) is 0 Å². The van der Waals surface area contributed by atoms with Crippen LogP contribution in [0.3, 0.4) is 0 Å². The molecule has 1 aliphatic rings. The molecule has 1 aliphatic heterocycles. The topological polar surface area (TPSA) is 37.3 Å². The number of pyridine rings is 1. The molecule has 0 aliphatic carbocycles. The van der Waals surface area contributed by atoms with Gasteiger partial charge in [-0.3, -0.25) is 9.98 Å². The number of hydrogen-bond acceptors (Lipinski definition) is 3. The molecule has 1 saturated heterocycles. The Kier molecular flexibility index (Phi) is 5.25.